The molecule has 1 aromatic carbocycles. The standard InChI is InChI=1S/C15H17NO4S/c1-8-4-5-9(2)12-11(8)13(17)16(14(12)18)10(15(19)20)6-7-21-3/h4-5,10H,6-7H2,1-3H3,(H,19,20). The van der Waals surface area contributed by atoms with Crippen molar-refractivity contribution in [1.29, 1.82) is 0 Å². The zero-order valence-electron chi connectivity index (χ0n) is 12.2. The van der Waals surface area contributed by atoms with Gasteiger partial charge in [0.2, 0.25) is 0 Å². The van der Waals surface area contributed by atoms with Crippen molar-refractivity contribution in [2.24, 2.45) is 0 Å². The molecular formula is C15H17NO4S. The van der Waals surface area contributed by atoms with E-state index < -0.39 is 23.8 Å². The summed E-state index contributed by atoms with van der Waals surface area (Å²) in [6.07, 6.45) is 2.11. The quantitative estimate of drug-likeness (QED) is 0.843. The van der Waals surface area contributed by atoms with Crippen LogP contribution in [0.5, 0.6) is 0 Å². The van der Waals surface area contributed by atoms with E-state index in [1.54, 1.807) is 26.0 Å². The number of amides is 2. The summed E-state index contributed by atoms with van der Waals surface area (Å²) in [7, 11) is 0. The van der Waals surface area contributed by atoms with E-state index in [1.165, 1.54) is 11.8 Å². The van der Waals surface area contributed by atoms with Crippen LogP contribution in [0, 0.1) is 13.8 Å². The highest BCUT2D eigenvalue weighted by molar-refractivity contribution is 7.98. The number of rotatable bonds is 5. The Morgan fingerprint density at radius 3 is 2.05 bits per heavy atom. The van der Waals surface area contributed by atoms with Crippen molar-refractivity contribution in [3.05, 3.63) is 34.4 Å². The van der Waals surface area contributed by atoms with Gasteiger partial charge in [-0.25, -0.2) is 4.79 Å². The highest BCUT2D eigenvalue weighted by atomic mass is 32.2. The lowest BCUT2D eigenvalue weighted by Crippen LogP contribution is -2.45. The minimum Gasteiger partial charge on any atom is -0.480 e. The first kappa shape index (κ1) is 15.6. The molecule has 5 nitrogen and oxygen atoms in total. The summed E-state index contributed by atoms with van der Waals surface area (Å²) in [5, 5.41) is 9.36. The third-order valence-electron chi connectivity index (χ3n) is 3.68. The molecule has 1 atom stereocenters. The molecule has 21 heavy (non-hydrogen) atoms. The van der Waals surface area contributed by atoms with Crippen molar-refractivity contribution in [3.63, 3.8) is 0 Å². The minimum atomic E-state index is -1.14. The van der Waals surface area contributed by atoms with Gasteiger partial charge in [-0.2, -0.15) is 11.8 Å². The number of nitrogens with zero attached hydrogens (tertiary/aromatic N) is 1. The van der Waals surface area contributed by atoms with Crippen LogP contribution in [0.1, 0.15) is 38.3 Å². The molecule has 0 saturated carbocycles. The zero-order valence-corrected chi connectivity index (χ0v) is 13.0. The molecule has 0 aromatic heterocycles. The van der Waals surface area contributed by atoms with Crippen molar-refractivity contribution in [2.45, 2.75) is 26.3 Å². The van der Waals surface area contributed by atoms with Crippen molar-refractivity contribution < 1.29 is 19.5 Å². The van der Waals surface area contributed by atoms with Gasteiger partial charge >= 0.3 is 5.97 Å². The third kappa shape index (κ3) is 2.55. The normalized spacial score (nSPS) is 15.3. The first-order valence-electron chi connectivity index (χ1n) is 6.60. The molecule has 1 aliphatic rings. The van der Waals surface area contributed by atoms with Gasteiger partial charge in [0.05, 0.1) is 11.1 Å². The molecule has 0 saturated heterocycles. The van der Waals surface area contributed by atoms with Crippen LogP contribution in [0.4, 0.5) is 0 Å². The van der Waals surface area contributed by atoms with Gasteiger partial charge in [0.25, 0.3) is 11.8 Å². The Kier molecular flexibility index (Phi) is 4.37. The third-order valence-corrected chi connectivity index (χ3v) is 4.32. The monoisotopic (exact) mass is 307 g/mol. The number of fused-ring (bicyclic) bond motifs is 1. The van der Waals surface area contributed by atoms with Crippen molar-refractivity contribution in [3.8, 4) is 0 Å². The molecule has 0 aliphatic carbocycles. The van der Waals surface area contributed by atoms with Gasteiger partial charge in [-0.1, -0.05) is 12.1 Å². The summed E-state index contributed by atoms with van der Waals surface area (Å²) in [6.45, 7) is 3.51. The number of carbonyl (C=O) groups is 3. The number of aryl methyl sites for hydroxylation is 2. The second kappa shape index (κ2) is 5.89. The maximum absolute atomic E-state index is 12.5. The predicted molar refractivity (Wildman–Crippen MR) is 80.8 cm³/mol. The number of carboxylic acids is 1. The second-order valence-corrected chi connectivity index (χ2v) is 6.05. The lowest BCUT2D eigenvalue weighted by molar-refractivity contribution is -0.141. The fourth-order valence-electron chi connectivity index (χ4n) is 2.57. The Bertz CT molecular complexity index is 585. The van der Waals surface area contributed by atoms with Crippen LogP contribution in [-0.2, 0) is 4.79 Å². The highest BCUT2D eigenvalue weighted by Gasteiger charge is 2.44. The maximum Gasteiger partial charge on any atom is 0.326 e. The van der Waals surface area contributed by atoms with Crippen LogP contribution in [0.15, 0.2) is 12.1 Å². The number of benzene rings is 1. The molecular weight excluding hydrogens is 290 g/mol. The summed E-state index contributed by atoms with van der Waals surface area (Å²) in [6, 6.07) is 2.45. The van der Waals surface area contributed by atoms with Gasteiger partial charge in [-0.15, -0.1) is 0 Å². The van der Waals surface area contributed by atoms with Crippen LogP contribution >= 0.6 is 11.8 Å². The van der Waals surface area contributed by atoms with E-state index in [1.807, 2.05) is 6.26 Å². The summed E-state index contributed by atoms with van der Waals surface area (Å²) in [4.78, 5) is 37.4. The van der Waals surface area contributed by atoms with Gasteiger partial charge in [0.1, 0.15) is 6.04 Å². The summed E-state index contributed by atoms with van der Waals surface area (Å²) >= 11 is 1.49. The fourth-order valence-corrected chi connectivity index (χ4v) is 3.03. The lowest BCUT2D eigenvalue weighted by Gasteiger charge is -2.22. The van der Waals surface area contributed by atoms with Gasteiger partial charge < -0.3 is 5.11 Å². The Morgan fingerprint density at radius 1 is 1.19 bits per heavy atom. The molecule has 0 fully saturated rings. The molecule has 1 N–H and O–H groups in total. The summed E-state index contributed by atoms with van der Waals surface area (Å²) < 4.78 is 0. The van der Waals surface area contributed by atoms with Crippen LogP contribution in [-0.4, -0.2) is 45.8 Å². The van der Waals surface area contributed by atoms with E-state index in [-0.39, 0.29) is 6.42 Å². The number of hydrogen-bond acceptors (Lipinski definition) is 4. The van der Waals surface area contributed by atoms with E-state index in [4.69, 9.17) is 0 Å². The average Bonchev–Trinajstić information content (AvgIpc) is 2.69. The summed E-state index contributed by atoms with van der Waals surface area (Å²) in [5.74, 6) is -1.56. The molecule has 1 heterocycles. The van der Waals surface area contributed by atoms with E-state index in [0.717, 1.165) is 4.90 Å². The van der Waals surface area contributed by atoms with Crippen molar-refractivity contribution >= 4 is 29.5 Å². The molecule has 0 bridgehead atoms. The molecule has 1 unspecified atom stereocenters. The molecule has 0 radical (unpaired) electrons. The largest absolute Gasteiger partial charge is 0.480 e. The Morgan fingerprint density at radius 2 is 1.67 bits per heavy atom. The van der Waals surface area contributed by atoms with E-state index in [0.29, 0.717) is 28.0 Å². The predicted octanol–water partition coefficient (Wildman–Crippen LogP) is 2.11. The Labute approximate surface area is 127 Å². The first-order chi connectivity index (χ1) is 9.90. The van der Waals surface area contributed by atoms with Gasteiger partial charge in [0, 0.05) is 0 Å². The number of carbonyl (C=O) groups excluding carboxylic acids is 2. The molecule has 2 amide bonds. The number of imide groups is 1. The first-order valence-corrected chi connectivity index (χ1v) is 7.99. The van der Waals surface area contributed by atoms with Crippen LogP contribution < -0.4 is 0 Å². The van der Waals surface area contributed by atoms with Crippen molar-refractivity contribution in [1.82, 2.24) is 4.90 Å². The molecule has 6 heteroatoms. The van der Waals surface area contributed by atoms with E-state index in [9.17, 15) is 19.5 Å². The highest BCUT2D eigenvalue weighted by Crippen LogP contribution is 2.31. The number of carboxylic acid groups (broad SMARTS) is 1. The van der Waals surface area contributed by atoms with E-state index >= 15 is 0 Å². The number of thioether (sulfide) groups is 1. The smallest absolute Gasteiger partial charge is 0.326 e. The van der Waals surface area contributed by atoms with Gasteiger partial charge in [-0.3, -0.25) is 14.5 Å². The molecule has 112 valence electrons. The number of aliphatic carboxylic acids is 1. The fraction of sp³-hybridized carbons (Fsp3) is 0.400. The van der Waals surface area contributed by atoms with Crippen molar-refractivity contribution in [2.75, 3.05) is 12.0 Å². The SMILES string of the molecule is CSCCC(C(=O)O)N1C(=O)c2c(C)ccc(C)c2C1=O. The second-order valence-electron chi connectivity index (χ2n) is 5.07. The average molecular weight is 307 g/mol. The van der Waals surface area contributed by atoms with Crippen LogP contribution in [0.3, 0.4) is 0 Å². The van der Waals surface area contributed by atoms with Gasteiger partial charge in [0.15, 0.2) is 0 Å². The molecule has 1 aromatic rings. The van der Waals surface area contributed by atoms with Crippen LogP contribution in [0.2, 0.25) is 0 Å². The topological polar surface area (TPSA) is 74.7 Å². The minimum absolute atomic E-state index is 0.250. The molecule has 0 spiro atoms. The number of hydrogen-bond donors (Lipinski definition) is 1. The van der Waals surface area contributed by atoms with Crippen LogP contribution in [0.25, 0.3) is 0 Å². The molecule has 2 rings (SSSR count). The lowest BCUT2D eigenvalue weighted by atomic mass is 9.99. The Hall–Kier alpha value is -1.82. The zero-order chi connectivity index (χ0) is 15.7. The van der Waals surface area contributed by atoms with E-state index in [2.05, 4.69) is 0 Å². The molecule has 1 aliphatic heterocycles. The Balaban J connectivity index is 2.47. The van der Waals surface area contributed by atoms with Gasteiger partial charge in [-0.05, 0) is 43.4 Å². The maximum atomic E-state index is 12.5. The summed E-state index contributed by atoms with van der Waals surface area (Å²) in [5.41, 5.74) is 2.08.